The van der Waals surface area contributed by atoms with E-state index in [0.29, 0.717) is 0 Å². The SMILES string of the molecule is CC1OC2CCC(CC2)C(OCOc2cccc(F)c2F)O1. The summed E-state index contributed by atoms with van der Waals surface area (Å²) in [5.74, 6) is -1.84. The van der Waals surface area contributed by atoms with E-state index in [0.717, 1.165) is 31.7 Å². The lowest BCUT2D eigenvalue weighted by molar-refractivity contribution is -0.302. The third kappa shape index (κ3) is 3.56. The second kappa shape index (κ2) is 6.89. The number of fused-ring (bicyclic) bond motifs is 5. The third-order valence-corrected chi connectivity index (χ3v) is 4.18. The van der Waals surface area contributed by atoms with Crippen LogP contribution >= 0.6 is 0 Å². The highest BCUT2D eigenvalue weighted by Crippen LogP contribution is 2.34. The van der Waals surface area contributed by atoms with Crippen LogP contribution in [-0.4, -0.2) is 25.5 Å². The van der Waals surface area contributed by atoms with E-state index in [-0.39, 0.29) is 30.9 Å². The van der Waals surface area contributed by atoms with Gasteiger partial charge in [0, 0.05) is 5.92 Å². The van der Waals surface area contributed by atoms with E-state index in [1.54, 1.807) is 0 Å². The molecule has 0 aromatic heterocycles. The molecule has 2 aliphatic heterocycles. The van der Waals surface area contributed by atoms with Gasteiger partial charge in [-0.05, 0) is 44.7 Å². The fourth-order valence-electron chi connectivity index (χ4n) is 3.04. The molecule has 1 aromatic rings. The van der Waals surface area contributed by atoms with Crippen LogP contribution in [0.15, 0.2) is 18.2 Å². The largest absolute Gasteiger partial charge is 0.464 e. The van der Waals surface area contributed by atoms with Crippen molar-refractivity contribution in [2.75, 3.05) is 6.79 Å². The van der Waals surface area contributed by atoms with Crippen LogP contribution in [0.4, 0.5) is 8.78 Å². The van der Waals surface area contributed by atoms with Gasteiger partial charge in [-0.1, -0.05) is 6.07 Å². The molecule has 0 N–H and O–H groups in total. The van der Waals surface area contributed by atoms with Crippen LogP contribution in [0.1, 0.15) is 32.6 Å². The minimum Gasteiger partial charge on any atom is -0.464 e. The first-order valence-corrected chi connectivity index (χ1v) is 7.63. The molecule has 2 heterocycles. The average molecular weight is 314 g/mol. The number of ether oxygens (including phenoxy) is 4. The van der Waals surface area contributed by atoms with Crippen LogP contribution < -0.4 is 4.74 Å². The minimum absolute atomic E-state index is 0.168. The van der Waals surface area contributed by atoms with Crippen LogP contribution in [0.25, 0.3) is 0 Å². The second-order valence-electron chi connectivity index (χ2n) is 5.73. The van der Waals surface area contributed by atoms with E-state index < -0.39 is 17.9 Å². The number of hydrogen-bond donors (Lipinski definition) is 0. The highest BCUT2D eigenvalue weighted by Gasteiger charge is 2.34. The maximum absolute atomic E-state index is 13.5. The monoisotopic (exact) mass is 314 g/mol. The van der Waals surface area contributed by atoms with Crippen LogP contribution in [0.3, 0.4) is 0 Å². The fraction of sp³-hybridized carbons (Fsp3) is 0.625. The quantitative estimate of drug-likeness (QED) is 0.796. The smallest absolute Gasteiger partial charge is 0.200 e. The number of benzene rings is 1. The molecule has 1 aliphatic carbocycles. The zero-order chi connectivity index (χ0) is 15.5. The van der Waals surface area contributed by atoms with Crippen molar-refractivity contribution in [1.29, 1.82) is 0 Å². The highest BCUT2D eigenvalue weighted by atomic mass is 19.2. The lowest BCUT2D eigenvalue weighted by Crippen LogP contribution is -2.41. The third-order valence-electron chi connectivity index (χ3n) is 4.18. The molecule has 3 fully saturated rings. The summed E-state index contributed by atoms with van der Waals surface area (Å²) in [6.07, 6.45) is 3.41. The Morgan fingerprint density at radius 3 is 2.68 bits per heavy atom. The molecule has 2 bridgehead atoms. The maximum atomic E-state index is 13.5. The van der Waals surface area contributed by atoms with Gasteiger partial charge in [0.1, 0.15) is 0 Å². The fourth-order valence-corrected chi connectivity index (χ4v) is 3.04. The Labute approximate surface area is 128 Å². The molecule has 0 radical (unpaired) electrons. The molecule has 2 atom stereocenters. The normalized spacial score (nSPS) is 31.6. The molecular weight excluding hydrogens is 294 g/mol. The Balaban J connectivity index is 1.56. The van der Waals surface area contributed by atoms with Gasteiger partial charge in [-0.15, -0.1) is 0 Å². The molecule has 2 saturated heterocycles. The molecular formula is C16H20F2O4. The van der Waals surface area contributed by atoms with Gasteiger partial charge in [0.05, 0.1) is 6.10 Å². The van der Waals surface area contributed by atoms with Crippen molar-refractivity contribution in [2.45, 2.75) is 51.3 Å². The summed E-state index contributed by atoms with van der Waals surface area (Å²) in [5.41, 5.74) is 0. The summed E-state index contributed by atoms with van der Waals surface area (Å²) >= 11 is 0. The topological polar surface area (TPSA) is 36.9 Å². The standard InChI is InChI=1S/C16H20F2O4/c1-10-21-12-7-5-11(6-8-12)16(22-10)20-9-19-14-4-2-3-13(17)15(14)18/h2-4,10-12,16H,5-9H2,1H3. The summed E-state index contributed by atoms with van der Waals surface area (Å²) in [6.45, 7) is 1.64. The lowest BCUT2D eigenvalue weighted by Gasteiger charge is -2.39. The molecule has 3 aliphatic rings. The molecule has 1 saturated carbocycles. The van der Waals surface area contributed by atoms with Crippen molar-refractivity contribution in [3.63, 3.8) is 0 Å². The molecule has 2 unspecified atom stereocenters. The zero-order valence-electron chi connectivity index (χ0n) is 12.5. The first-order chi connectivity index (χ1) is 10.6. The van der Waals surface area contributed by atoms with Crippen LogP contribution in [-0.2, 0) is 14.2 Å². The molecule has 0 spiro atoms. The predicted molar refractivity (Wildman–Crippen MR) is 74.1 cm³/mol. The van der Waals surface area contributed by atoms with E-state index in [2.05, 4.69) is 0 Å². The number of halogens is 2. The predicted octanol–water partition coefficient (Wildman–Crippen LogP) is 3.60. The van der Waals surface area contributed by atoms with Crippen molar-refractivity contribution in [2.24, 2.45) is 5.92 Å². The Morgan fingerprint density at radius 1 is 1.14 bits per heavy atom. The number of rotatable bonds is 4. The minimum atomic E-state index is -1.01. The van der Waals surface area contributed by atoms with E-state index in [4.69, 9.17) is 18.9 Å². The van der Waals surface area contributed by atoms with E-state index in [9.17, 15) is 8.78 Å². The van der Waals surface area contributed by atoms with Crippen LogP contribution in [0.2, 0.25) is 0 Å². The van der Waals surface area contributed by atoms with E-state index in [1.165, 1.54) is 12.1 Å². The van der Waals surface area contributed by atoms with E-state index >= 15 is 0 Å². The van der Waals surface area contributed by atoms with Crippen LogP contribution in [0, 0.1) is 17.6 Å². The van der Waals surface area contributed by atoms with Gasteiger partial charge >= 0.3 is 0 Å². The summed E-state index contributed by atoms with van der Waals surface area (Å²) in [5, 5.41) is 0. The zero-order valence-corrected chi connectivity index (χ0v) is 12.5. The van der Waals surface area contributed by atoms with Crippen molar-refractivity contribution in [1.82, 2.24) is 0 Å². The Bertz CT molecular complexity index is 503. The summed E-state index contributed by atoms with van der Waals surface area (Å²) in [6, 6.07) is 3.79. The Morgan fingerprint density at radius 2 is 1.91 bits per heavy atom. The maximum Gasteiger partial charge on any atom is 0.200 e. The first-order valence-electron chi connectivity index (χ1n) is 7.63. The van der Waals surface area contributed by atoms with Crippen molar-refractivity contribution in [3.05, 3.63) is 29.8 Å². The Hall–Kier alpha value is -1.24. The first kappa shape index (κ1) is 15.6. The van der Waals surface area contributed by atoms with Gasteiger partial charge in [-0.25, -0.2) is 4.39 Å². The molecule has 0 amide bonds. The van der Waals surface area contributed by atoms with Crippen molar-refractivity contribution < 1.29 is 27.7 Å². The van der Waals surface area contributed by atoms with Gasteiger partial charge < -0.3 is 18.9 Å². The van der Waals surface area contributed by atoms with Crippen molar-refractivity contribution in [3.8, 4) is 5.75 Å². The molecule has 4 rings (SSSR count). The van der Waals surface area contributed by atoms with Gasteiger partial charge in [-0.2, -0.15) is 4.39 Å². The summed E-state index contributed by atoms with van der Waals surface area (Å²) < 4.78 is 48.8. The highest BCUT2D eigenvalue weighted by molar-refractivity contribution is 5.24. The molecule has 1 aromatic carbocycles. The molecule has 122 valence electrons. The Kier molecular flexibility index (Phi) is 4.90. The van der Waals surface area contributed by atoms with Crippen LogP contribution in [0.5, 0.6) is 5.75 Å². The summed E-state index contributed by atoms with van der Waals surface area (Å²) in [4.78, 5) is 0. The second-order valence-corrected chi connectivity index (χ2v) is 5.73. The lowest BCUT2D eigenvalue weighted by atomic mass is 9.86. The number of hydrogen-bond acceptors (Lipinski definition) is 4. The summed E-state index contributed by atoms with van der Waals surface area (Å²) in [7, 11) is 0. The van der Waals surface area contributed by atoms with Gasteiger partial charge in [0.15, 0.2) is 30.9 Å². The molecule has 22 heavy (non-hydrogen) atoms. The van der Waals surface area contributed by atoms with E-state index in [1.807, 2.05) is 6.92 Å². The van der Waals surface area contributed by atoms with Gasteiger partial charge in [0.2, 0.25) is 5.82 Å². The van der Waals surface area contributed by atoms with Gasteiger partial charge in [0.25, 0.3) is 0 Å². The molecule has 6 heteroatoms. The average Bonchev–Trinajstić information content (AvgIpc) is 2.49. The van der Waals surface area contributed by atoms with Gasteiger partial charge in [-0.3, -0.25) is 0 Å². The van der Waals surface area contributed by atoms with Crippen molar-refractivity contribution >= 4 is 0 Å². The molecule has 4 nitrogen and oxygen atoms in total.